The Morgan fingerprint density at radius 2 is 1.97 bits per heavy atom. The number of benzene rings is 1. The number of aromatic nitrogens is 5. The normalized spacial score (nSPS) is 12.4. The van der Waals surface area contributed by atoms with Gasteiger partial charge in [-0.05, 0) is 24.6 Å². The number of aromatic amines is 1. The maximum Gasteiger partial charge on any atom is 0.265 e. The zero-order valence-corrected chi connectivity index (χ0v) is 19.9. The fourth-order valence-corrected chi connectivity index (χ4v) is 4.18. The fourth-order valence-electron chi connectivity index (χ4n) is 4.18. The highest BCUT2D eigenvalue weighted by atomic mass is 16.5. The summed E-state index contributed by atoms with van der Waals surface area (Å²) in [6.45, 7) is 4.82. The first kappa shape index (κ1) is 23.6. The molecule has 4 rings (SSSR count). The number of rotatable bonds is 11. The number of ether oxygens (including phenoxy) is 1. The zero-order chi connectivity index (χ0) is 23.9. The standard InChI is InChI=1S/C25H31N7O2/c1-4-21(31(13-12-26-2)16-19-10-11-22(34-3)27-14-19)24-29-23-20(15-28-30-23)25(33)32(24)17-18-8-6-5-7-9-18/h5-11,14-15,21,26H,4,12-13,16-17H2,1-3H3,(H,28,30). The van der Waals surface area contributed by atoms with E-state index >= 15 is 0 Å². The van der Waals surface area contributed by atoms with Gasteiger partial charge in [-0.2, -0.15) is 5.10 Å². The van der Waals surface area contributed by atoms with Crippen LogP contribution in [0.25, 0.3) is 11.0 Å². The van der Waals surface area contributed by atoms with Crippen molar-refractivity contribution in [1.29, 1.82) is 0 Å². The molecular weight excluding hydrogens is 430 g/mol. The highest BCUT2D eigenvalue weighted by Crippen LogP contribution is 2.26. The van der Waals surface area contributed by atoms with Gasteiger partial charge >= 0.3 is 0 Å². The van der Waals surface area contributed by atoms with Gasteiger partial charge in [-0.1, -0.05) is 43.3 Å². The summed E-state index contributed by atoms with van der Waals surface area (Å²) in [4.78, 5) is 25.1. The van der Waals surface area contributed by atoms with Crippen LogP contribution >= 0.6 is 0 Å². The lowest BCUT2D eigenvalue weighted by Crippen LogP contribution is -2.38. The number of fused-ring (bicyclic) bond motifs is 1. The summed E-state index contributed by atoms with van der Waals surface area (Å²) in [6, 6.07) is 13.8. The second-order valence-corrected chi connectivity index (χ2v) is 8.19. The van der Waals surface area contributed by atoms with Crippen LogP contribution in [0.2, 0.25) is 0 Å². The van der Waals surface area contributed by atoms with Crippen LogP contribution in [0, 0.1) is 0 Å². The molecule has 1 atom stereocenters. The lowest BCUT2D eigenvalue weighted by atomic mass is 10.1. The quantitative estimate of drug-likeness (QED) is 0.354. The number of pyridine rings is 1. The molecule has 178 valence electrons. The zero-order valence-electron chi connectivity index (χ0n) is 19.9. The second-order valence-electron chi connectivity index (χ2n) is 8.19. The fraction of sp³-hybridized carbons (Fsp3) is 0.360. The van der Waals surface area contributed by atoms with E-state index in [1.165, 1.54) is 0 Å². The molecule has 3 heterocycles. The molecule has 2 N–H and O–H groups in total. The summed E-state index contributed by atoms with van der Waals surface area (Å²) >= 11 is 0. The minimum atomic E-state index is -0.0873. The Bertz CT molecular complexity index is 1250. The molecule has 0 saturated carbocycles. The molecule has 0 spiro atoms. The van der Waals surface area contributed by atoms with E-state index in [1.807, 2.05) is 55.7 Å². The van der Waals surface area contributed by atoms with Gasteiger partial charge < -0.3 is 10.1 Å². The van der Waals surface area contributed by atoms with Crippen molar-refractivity contribution in [2.45, 2.75) is 32.5 Å². The molecule has 0 aliphatic carbocycles. The highest BCUT2D eigenvalue weighted by Gasteiger charge is 2.25. The Kier molecular flexibility index (Phi) is 7.66. The van der Waals surface area contributed by atoms with Crippen LogP contribution < -0.4 is 15.6 Å². The first-order valence-electron chi connectivity index (χ1n) is 11.5. The van der Waals surface area contributed by atoms with E-state index < -0.39 is 0 Å². The molecule has 0 saturated heterocycles. The summed E-state index contributed by atoms with van der Waals surface area (Å²) in [6.07, 6.45) is 4.17. The van der Waals surface area contributed by atoms with Crippen molar-refractivity contribution in [1.82, 2.24) is 34.9 Å². The smallest absolute Gasteiger partial charge is 0.265 e. The maximum absolute atomic E-state index is 13.5. The van der Waals surface area contributed by atoms with E-state index in [-0.39, 0.29) is 11.6 Å². The number of methoxy groups -OCH3 is 1. The maximum atomic E-state index is 13.5. The number of H-pyrrole nitrogens is 1. The van der Waals surface area contributed by atoms with Gasteiger partial charge in [-0.3, -0.25) is 19.4 Å². The van der Waals surface area contributed by atoms with Crippen molar-refractivity contribution in [3.8, 4) is 5.88 Å². The van der Waals surface area contributed by atoms with E-state index in [2.05, 4.69) is 32.3 Å². The molecule has 0 fully saturated rings. The second kappa shape index (κ2) is 11.0. The van der Waals surface area contributed by atoms with Gasteiger partial charge in [-0.25, -0.2) is 9.97 Å². The van der Waals surface area contributed by atoms with Gasteiger partial charge in [0.2, 0.25) is 5.88 Å². The van der Waals surface area contributed by atoms with Crippen LogP contribution in [0.1, 0.15) is 36.3 Å². The Hall–Kier alpha value is -3.56. The number of likely N-dealkylation sites (N-methyl/N-ethyl adjacent to an activating group) is 1. The third kappa shape index (κ3) is 5.16. The molecule has 4 aromatic rings. The van der Waals surface area contributed by atoms with Gasteiger partial charge in [0.25, 0.3) is 5.56 Å². The van der Waals surface area contributed by atoms with Crippen LogP contribution in [0.15, 0.2) is 59.7 Å². The third-order valence-electron chi connectivity index (χ3n) is 5.95. The summed E-state index contributed by atoms with van der Waals surface area (Å²) in [5.41, 5.74) is 2.54. The number of nitrogens with one attached hydrogen (secondary N) is 2. The van der Waals surface area contributed by atoms with Gasteiger partial charge in [-0.15, -0.1) is 0 Å². The molecule has 1 aromatic carbocycles. The van der Waals surface area contributed by atoms with Crippen molar-refractivity contribution in [3.63, 3.8) is 0 Å². The first-order chi connectivity index (χ1) is 16.6. The van der Waals surface area contributed by atoms with E-state index in [0.717, 1.165) is 36.5 Å². The Morgan fingerprint density at radius 3 is 2.65 bits per heavy atom. The molecule has 3 aromatic heterocycles. The molecule has 0 aliphatic heterocycles. The van der Waals surface area contributed by atoms with Crippen LogP contribution in [-0.4, -0.2) is 56.9 Å². The molecular formula is C25H31N7O2. The largest absolute Gasteiger partial charge is 0.481 e. The summed E-state index contributed by atoms with van der Waals surface area (Å²) in [7, 11) is 3.55. The predicted octanol–water partition coefficient (Wildman–Crippen LogP) is 2.74. The average molecular weight is 462 g/mol. The molecule has 9 nitrogen and oxygen atoms in total. The Balaban J connectivity index is 1.76. The average Bonchev–Trinajstić information content (AvgIpc) is 3.35. The molecule has 34 heavy (non-hydrogen) atoms. The van der Waals surface area contributed by atoms with Crippen LogP contribution in [0.3, 0.4) is 0 Å². The number of hydrogen-bond donors (Lipinski definition) is 2. The third-order valence-corrected chi connectivity index (χ3v) is 5.95. The van der Waals surface area contributed by atoms with Gasteiger partial charge in [0, 0.05) is 31.9 Å². The van der Waals surface area contributed by atoms with Crippen molar-refractivity contribution in [2.75, 3.05) is 27.2 Å². The van der Waals surface area contributed by atoms with E-state index in [0.29, 0.717) is 30.0 Å². The summed E-state index contributed by atoms with van der Waals surface area (Å²) in [5.74, 6) is 1.31. The summed E-state index contributed by atoms with van der Waals surface area (Å²) < 4.78 is 7.00. The van der Waals surface area contributed by atoms with E-state index in [9.17, 15) is 4.79 Å². The SMILES string of the molecule is CCC(c1nc2[nH]ncc2c(=O)n1Cc1ccccc1)N(CCNC)Cc1ccc(OC)nc1. The molecule has 9 heteroatoms. The van der Waals surface area contributed by atoms with Gasteiger partial charge in [0.1, 0.15) is 11.2 Å². The van der Waals surface area contributed by atoms with Gasteiger partial charge in [0.05, 0.1) is 25.9 Å². The van der Waals surface area contributed by atoms with Crippen molar-refractivity contribution in [2.24, 2.45) is 0 Å². The van der Waals surface area contributed by atoms with Gasteiger partial charge in [0.15, 0.2) is 5.65 Å². The Labute approximate surface area is 198 Å². The molecule has 0 bridgehead atoms. The molecule has 0 radical (unpaired) electrons. The van der Waals surface area contributed by atoms with Crippen molar-refractivity contribution < 1.29 is 4.74 Å². The lowest BCUT2D eigenvalue weighted by molar-refractivity contribution is 0.172. The molecule has 0 amide bonds. The van der Waals surface area contributed by atoms with Crippen molar-refractivity contribution in [3.05, 3.63) is 82.2 Å². The first-order valence-corrected chi connectivity index (χ1v) is 11.5. The highest BCUT2D eigenvalue weighted by molar-refractivity contribution is 5.72. The van der Waals surface area contributed by atoms with E-state index in [1.54, 1.807) is 17.9 Å². The predicted molar refractivity (Wildman–Crippen MR) is 132 cm³/mol. The summed E-state index contributed by atoms with van der Waals surface area (Å²) in [5, 5.41) is 10.7. The topological polar surface area (TPSA) is 101 Å². The van der Waals surface area contributed by atoms with Crippen molar-refractivity contribution >= 4 is 11.0 Å². The number of hydrogen-bond acceptors (Lipinski definition) is 7. The number of nitrogens with zero attached hydrogens (tertiary/aromatic N) is 5. The minimum Gasteiger partial charge on any atom is -0.481 e. The minimum absolute atomic E-state index is 0.0837. The van der Waals surface area contributed by atoms with Crippen LogP contribution in [-0.2, 0) is 13.1 Å². The van der Waals surface area contributed by atoms with Crippen LogP contribution in [0.4, 0.5) is 0 Å². The molecule has 0 aliphatic rings. The van der Waals surface area contributed by atoms with E-state index in [4.69, 9.17) is 9.72 Å². The monoisotopic (exact) mass is 461 g/mol. The Morgan fingerprint density at radius 1 is 1.15 bits per heavy atom. The lowest BCUT2D eigenvalue weighted by Gasteiger charge is -2.32. The van der Waals surface area contributed by atoms with Crippen LogP contribution in [0.5, 0.6) is 5.88 Å². The molecule has 1 unspecified atom stereocenters.